The molecule has 0 saturated heterocycles. The van der Waals surface area contributed by atoms with E-state index in [9.17, 15) is 9.59 Å². The van der Waals surface area contributed by atoms with Crippen molar-refractivity contribution < 1.29 is 9.59 Å². The molecule has 0 fully saturated rings. The molecule has 0 aromatic heterocycles. The van der Waals surface area contributed by atoms with E-state index in [4.69, 9.17) is 0 Å². The van der Waals surface area contributed by atoms with Crippen molar-refractivity contribution in [3.05, 3.63) is 36.8 Å². The second kappa shape index (κ2) is 12.2. The Morgan fingerprint density at radius 2 is 1.54 bits per heavy atom. The number of allylic oxidation sites excluding steroid dienone is 2. The Bertz CT molecular complexity index is 468. The van der Waals surface area contributed by atoms with E-state index < -0.39 is 0 Å². The van der Waals surface area contributed by atoms with Crippen molar-refractivity contribution in [3.8, 4) is 0 Å². The topological polar surface area (TPSA) is 64.7 Å². The van der Waals surface area contributed by atoms with Gasteiger partial charge in [-0.15, -0.1) is 0 Å². The molecule has 24 heavy (non-hydrogen) atoms. The highest BCUT2D eigenvalue weighted by Crippen LogP contribution is 2.03. The SMILES string of the molecule is C.C.CC(C)N1C=CC=CNC1=O.CC(C)N1CCC=CNC1=O. The molecule has 0 saturated carbocycles. The highest BCUT2D eigenvalue weighted by Gasteiger charge is 2.16. The third-order valence-corrected chi connectivity index (χ3v) is 3.20. The van der Waals surface area contributed by atoms with E-state index >= 15 is 0 Å². The Morgan fingerprint density at radius 1 is 0.917 bits per heavy atom. The highest BCUT2D eigenvalue weighted by molar-refractivity contribution is 5.77. The van der Waals surface area contributed by atoms with Gasteiger partial charge in [0, 0.05) is 37.2 Å². The van der Waals surface area contributed by atoms with E-state index in [1.165, 1.54) is 0 Å². The molecule has 2 aliphatic heterocycles. The van der Waals surface area contributed by atoms with Gasteiger partial charge in [-0.05, 0) is 46.3 Å². The first kappa shape index (κ1) is 24.0. The number of urea groups is 2. The van der Waals surface area contributed by atoms with Crippen molar-refractivity contribution in [2.75, 3.05) is 6.54 Å². The molecule has 0 bridgehead atoms. The van der Waals surface area contributed by atoms with E-state index in [1.54, 1.807) is 29.6 Å². The predicted molar refractivity (Wildman–Crippen MR) is 101 cm³/mol. The molecule has 2 rings (SSSR count). The smallest absolute Gasteiger partial charge is 0.322 e. The summed E-state index contributed by atoms with van der Waals surface area (Å²) in [6.45, 7) is 8.79. The van der Waals surface area contributed by atoms with Crippen LogP contribution in [0.15, 0.2) is 36.8 Å². The number of hydrogen-bond acceptors (Lipinski definition) is 2. The standard InChI is InChI=1S/C8H14N2O.C8H12N2O.2CH4/c2*1-7(2)10-6-4-3-5-9-8(10)11;;/h3,5,7H,4,6H2,1-2H3,(H,9,11);3-7H,1-2H3,(H,9,11);2*1H4. The lowest BCUT2D eigenvalue weighted by Gasteiger charge is -2.24. The average molecular weight is 338 g/mol. The van der Waals surface area contributed by atoms with Crippen LogP contribution in [0.4, 0.5) is 9.59 Å². The quantitative estimate of drug-likeness (QED) is 0.798. The Labute approximate surface area is 147 Å². The summed E-state index contributed by atoms with van der Waals surface area (Å²) in [6, 6.07) is 0.416. The number of rotatable bonds is 2. The summed E-state index contributed by atoms with van der Waals surface area (Å²) in [7, 11) is 0. The predicted octanol–water partition coefficient (Wildman–Crippen LogP) is 4.04. The molecule has 6 nitrogen and oxygen atoms in total. The fourth-order valence-corrected chi connectivity index (χ4v) is 1.97. The van der Waals surface area contributed by atoms with E-state index in [0.717, 1.165) is 13.0 Å². The zero-order chi connectivity index (χ0) is 16.5. The zero-order valence-electron chi connectivity index (χ0n) is 13.7. The molecule has 0 aromatic carbocycles. The van der Waals surface area contributed by atoms with Crippen LogP contribution in [0.1, 0.15) is 49.0 Å². The molecule has 0 aliphatic carbocycles. The van der Waals surface area contributed by atoms with Crippen LogP contribution in [0.25, 0.3) is 0 Å². The third-order valence-electron chi connectivity index (χ3n) is 3.20. The lowest BCUT2D eigenvalue weighted by molar-refractivity contribution is 0.190. The zero-order valence-corrected chi connectivity index (χ0v) is 13.7. The van der Waals surface area contributed by atoms with Crippen LogP contribution in [0.2, 0.25) is 0 Å². The maximum atomic E-state index is 11.2. The van der Waals surface area contributed by atoms with Gasteiger partial charge in [-0.3, -0.25) is 4.90 Å². The number of carbonyl (C=O) groups excluding carboxylic acids is 2. The van der Waals surface area contributed by atoms with Gasteiger partial charge in [0.2, 0.25) is 0 Å². The average Bonchev–Trinajstić information content (AvgIpc) is 2.79. The van der Waals surface area contributed by atoms with E-state index in [1.807, 2.05) is 44.7 Å². The molecule has 0 unspecified atom stereocenters. The molecular formula is C18H34N4O2. The van der Waals surface area contributed by atoms with Crippen molar-refractivity contribution in [1.29, 1.82) is 0 Å². The van der Waals surface area contributed by atoms with Crippen LogP contribution < -0.4 is 10.6 Å². The summed E-state index contributed by atoms with van der Waals surface area (Å²) in [5.41, 5.74) is 0. The molecule has 0 spiro atoms. The minimum atomic E-state index is -0.0787. The molecule has 0 radical (unpaired) electrons. The summed E-state index contributed by atoms with van der Waals surface area (Å²) < 4.78 is 0. The summed E-state index contributed by atoms with van der Waals surface area (Å²) in [4.78, 5) is 25.8. The van der Waals surface area contributed by atoms with Crippen LogP contribution in [-0.4, -0.2) is 40.5 Å². The van der Waals surface area contributed by atoms with Crippen LogP contribution in [0.3, 0.4) is 0 Å². The van der Waals surface area contributed by atoms with Crippen molar-refractivity contribution in [2.24, 2.45) is 0 Å². The normalized spacial score (nSPS) is 16.2. The van der Waals surface area contributed by atoms with E-state index in [2.05, 4.69) is 10.6 Å². The largest absolute Gasteiger partial charge is 0.325 e. The Kier molecular flexibility index (Phi) is 12.2. The van der Waals surface area contributed by atoms with Gasteiger partial charge in [0.05, 0.1) is 0 Å². The second-order valence-electron chi connectivity index (χ2n) is 5.58. The van der Waals surface area contributed by atoms with Gasteiger partial charge in [-0.2, -0.15) is 0 Å². The van der Waals surface area contributed by atoms with E-state index in [-0.39, 0.29) is 39.0 Å². The summed E-state index contributed by atoms with van der Waals surface area (Å²) in [6.07, 6.45) is 11.6. The van der Waals surface area contributed by atoms with Crippen molar-refractivity contribution in [3.63, 3.8) is 0 Å². The molecule has 138 valence electrons. The monoisotopic (exact) mass is 338 g/mol. The van der Waals surface area contributed by atoms with Gasteiger partial charge in [0.25, 0.3) is 0 Å². The van der Waals surface area contributed by atoms with E-state index in [0.29, 0.717) is 0 Å². The Morgan fingerprint density at radius 3 is 2.12 bits per heavy atom. The minimum Gasteiger partial charge on any atom is -0.322 e. The fourth-order valence-electron chi connectivity index (χ4n) is 1.97. The number of nitrogens with one attached hydrogen (secondary N) is 2. The van der Waals surface area contributed by atoms with Crippen LogP contribution in [0, 0.1) is 0 Å². The summed E-state index contributed by atoms with van der Waals surface area (Å²) in [5.74, 6) is 0. The first-order valence-electron chi connectivity index (χ1n) is 7.57. The number of nitrogens with zero attached hydrogens (tertiary/aromatic N) is 2. The molecule has 6 heteroatoms. The lowest BCUT2D eigenvalue weighted by Crippen LogP contribution is -2.41. The maximum absolute atomic E-state index is 11.2. The first-order chi connectivity index (χ1) is 10.4. The number of carbonyl (C=O) groups is 2. The Balaban J connectivity index is 0. The minimum absolute atomic E-state index is 0. The van der Waals surface area contributed by atoms with Gasteiger partial charge < -0.3 is 15.5 Å². The van der Waals surface area contributed by atoms with Crippen molar-refractivity contribution >= 4 is 12.1 Å². The van der Waals surface area contributed by atoms with Crippen molar-refractivity contribution in [1.82, 2.24) is 20.4 Å². The van der Waals surface area contributed by atoms with Gasteiger partial charge >= 0.3 is 12.1 Å². The summed E-state index contributed by atoms with van der Waals surface area (Å²) in [5, 5.41) is 5.30. The van der Waals surface area contributed by atoms with Gasteiger partial charge in [0.1, 0.15) is 0 Å². The molecule has 2 heterocycles. The molecule has 2 N–H and O–H groups in total. The maximum Gasteiger partial charge on any atom is 0.325 e. The molecule has 2 aliphatic rings. The fraction of sp³-hybridized carbons (Fsp3) is 0.556. The molecule has 0 aromatic rings. The Hall–Kier alpha value is -2.24. The van der Waals surface area contributed by atoms with Crippen LogP contribution in [-0.2, 0) is 0 Å². The molecular weight excluding hydrogens is 304 g/mol. The van der Waals surface area contributed by atoms with Crippen LogP contribution in [0.5, 0.6) is 0 Å². The summed E-state index contributed by atoms with van der Waals surface area (Å²) >= 11 is 0. The van der Waals surface area contributed by atoms with Gasteiger partial charge in [0.15, 0.2) is 0 Å². The second-order valence-corrected chi connectivity index (χ2v) is 5.58. The van der Waals surface area contributed by atoms with Gasteiger partial charge in [-0.1, -0.05) is 20.9 Å². The number of amides is 4. The number of hydrogen-bond donors (Lipinski definition) is 2. The third kappa shape index (κ3) is 7.85. The van der Waals surface area contributed by atoms with Gasteiger partial charge in [-0.25, -0.2) is 9.59 Å². The van der Waals surface area contributed by atoms with Crippen LogP contribution >= 0.6 is 0 Å². The molecule has 0 atom stereocenters. The first-order valence-corrected chi connectivity index (χ1v) is 7.57. The molecule has 4 amide bonds. The highest BCUT2D eigenvalue weighted by atomic mass is 16.2. The van der Waals surface area contributed by atoms with Crippen molar-refractivity contribution in [2.45, 2.75) is 61.1 Å². The lowest BCUT2D eigenvalue weighted by atomic mass is 10.3.